The maximum atomic E-state index is 14.5. The van der Waals surface area contributed by atoms with Crippen LogP contribution in [0.1, 0.15) is 72.4 Å². The van der Waals surface area contributed by atoms with E-state index < -0.39 is 0 Å². The Morgan fingerprint density at radius 3 is 2.64 bits per heavy atom. The Balaban J connectivity index is 1.56. The summed E-state index contributed by atoms with van der Waals surface area (Å²) < 4.78 is 16.4. The molecular formula is C21H28FN5O. The maximum Gasteiger partial charge on any atom is 0.274 e. The van der Waals surface area contributed by atoms with E-state index in [-0.39, 0.29) is 29.7 Å². The van der Waals surface area contributed by atoms with Crippen LogP contribution in [0.2, 0.25) is 0 Å². The largest absolute Gasteiger partial charge is 0.343 e. The van der Waals surface area contributed by atoms with Crippen molar-refractivity contribution in [2.75, 3.05) is 13.1 Å². The van der Waals surface area contributed by atoms with Gasteiger partial charge < -0.3 is 10.6 Å². The second kappa shape index (κ2) is 8.39. The molecule has 6 nitrogen and oxygen atoms in total. The molecule has 2 heterocycles. The molecule has 0 radical (unpaired) electrons. The van der Waals surface area contributed by atoms with Crippen LogP contribution in [0.15, 0.2) is 24.3 Å². The molecule has 2 aliphatic rings. The predicted molar refractivity (Wildman–Crippen MR) is 104 cm³/mol. The molecule has 1 unspecified atom stereocenters. The third kappa shape index (κ3) is 3.81. The third-order valence-corrected chi connectivity index (χ3v) is 6.20. The first-order valence-corrected chi connectivity index (χ1v) is 10.3. The molecule has 2 N–H and O–H groups in total. The van der Waals surface area contributed by atoms with Crippen molar-refractivity contribution in [3.63, 3.8) is 0 Å². The summed E-state index contributed by atoms with van der Waals surface area (Å²) in [5, 5.41) is 14.9. The van der Waals surface area contributed by atoms with Crippen molar-refractivity contribution in [2.45, 2.75) is 57.5 Å². The van der Waals surface area contributed by atoms with Crippen molar-refractivity contribution < 1.29 is 9.18 Å². The van der Waals surface area contributed by atoms with Gasteiger partial charge in [-0.1, -0.05) is 36.3 Å². The molecule has 0 bridgehead atoms. The van der Waals surface area contributed by atoms with Crippen molar-refractivity contribution in [1.82, 2.24) is 25.6 Å². The lowest BCUT2D eigenvalue weighted by Gasteiger charge is -2.25. The molecule has 4 rings (SSSR count). The second-order valence-corrected chi connectivity index (χ2v) is 7.97. The van der Waals surface area contributed by atoms with Crippen LogP contribution in [0.3, 0.4) is 0 Å². The minimum absolute atomic E-state index is 0.251. The number of carbonyl (C=O) groups is 1. The van der Waals surface area contributed by atoms with Crippen LogP contribution in [0.4, 0.5) is 4.39 Å². The zero-order valence-electron chi connectivity index (χ0n) is 16.3. The van der Waals surface area contributed by atoms with Crippen LogP contribution in [-0.2, 0) is 0 Å². The highest BCUT2D eigenvalue weighted by atomic mass is 19.1. The monoisotopic (exact) mass is 385 g/mol. The van der Waals surface area contributed by atoms with E-state index in [9.17, 15) is 9.18 Å². The molecule has 1 aromatic carbocycles. The van der Waals surface area contributed by atoms with E-state index in [1.807, 2.05) is 17.7 Å². The zero-order chi connectivity index (χ0) is 19.5. The van der Waals surface area contributed by atoms with E-state index in [2.05, 4.69) is 20.9 Å². The van der Waals surface area contributed by atoms with Gasteiger partial charge in [-0.2, -0.15) is 0 Å². The summed E-state index contributed by atoms with van der Waals surface area (Å²) >= 11 is 0. The highest BCUT2D eigenvalue weighted by Gasteiger charge is 2.31. The first-order chi connectivity index (χ1) is 13.6. The molecule has 1 saturated heterocycles. The van der Waals surface area contributed by atoms with Crippen LogP contribution < -0.4 is 10.6 Å². The van der Waals surface area contributed by atoms with E-state index in [0.717, 1.165) is 57.3 Å². The van der Waals surface area contributed by atoms with E-state index in [4.69, 9.17) is 0 Å². The van der Waals surface area contributed by atoms with Crippen molar-refractivity contribution in [3.05, 3.63) is 47.0 Å². The van der Waals surface area contributed by atoms with E-state index in [1.54, 1.807) is 12.1 Å². The fraction of sp³-hybridized carbons (Fsp3) is 0.571. The van der Waals surface area contributed by atoms with Crippen LogP contribution in [0, 0.1) is 18.7 Å². The maximum absolute atomic E-state index is 14.5. The number of aromatic nitrogens is 3. The van der Waals surface area contributed by atoms with E-state index in [0.29, 0.717) is 11.3 Å². The number of amides is 1. The van der Waals surface area contributed by atoms with Crippen LogP contribution in [-0.4, -0.2) is 34.0 Å². The second-order valence-electron chi connectivity index (χ2n) is 7.97. The lowest BCUT2D eigenvalue weighted by Crippen LogP contribution is -2.34. The van der Waals surface area contributed by atoms with Crippen molar-refractivity contribution >= 4 is 5.91 Å². The molecule has 2 aromatic rings. The first kappa shape index (κ1) is 19.1. The molecule has 7 heteroatoms. The van der Waals surface area contributed by atoms with Gasteiger partial charge in [0, 0.05) is 5.56 Å². The van der Waals surface area contributed by atoms with Gasteiger partial charge in [0.05, 0.1) is 17.8 Å². The number of carbonyl (C=O) groups excluding carboxylic acids is 1. The summed E-state index contributed by atoms with van der Waals surface area (Å²) in [6, 6.07) is 6.68. The van der Waals surface area contributed by atoms with Gasteiger partial charge in [0.25, 0.3) is 5.91 Å². The van der Waals surface area contributed by atoms with Crippen LogP contribution >= 0.6 is 0 Å². The third-order valence-electron chi connectivity index (χ3n) is 6.20. The predicted octanol–water partition coefficient (Wildman–Crippen LogP) is 3.31. The summed E-state index contributed by atoms with van der Waals surface area (Å²) in [7, 11) is 0. The molecule has 1 aliphatic carbocycles. The molecule has 1 saturated carbocycles. The summed E-state index contributed by atoms with van der Waals surface area (Å²) in [4.78, 5) is 13.1. The number of benzene rings is 1. The minimum Gasteiger partial charge on any atom is -0.343 e. The molecule has 1 amide bonds. The smallest absolute Gasteiger partial charge is 0.274 e. The fourth-order valence-electron chi connectivity index (χ4n) is 4.63. The van der Waals surface area contributed by atoms with Gasteiger partial charge in [-0.25, -0.2) is 9.07 Å². The van der Waals surface area contributed by atoms with E-state index >= 15 is 0 Å². The molecule has 1 aromatic heterocycles. The van der Waals surface area contributed by atoms with Crippen LogP contribution in [0.5, 0.6) is 0 Å². The number of nitrogens with zero attached hydrogens (tertiary/aromatic N) is 3. The molecule has 2 fully saturated rings. The van der Waals surface area contributed by atoms with Crippen molar-refractivity contribution in [2.24, 2.45) is 5.92 Å². The molecular weight excluding hydrogens is 357 g/mol. The summed E-state index contributed by atoms with van der Waals surface area (Å²) in [5.74, 6) is -0.284. The van der Waals surface area contributed by atoms with Gasteiger partial charge in [0.2, 0.25) is 0 Å². The van der Waals surface area contributed by atoms with Gasteiger partial charge >= 0.3 is 0 Å². The standard InChI is InChI=1S/C21H28FN5O/c1-14-19(25-26-27(14)16-10-12-23-13-11-16)21(28)24-20(15-6-2-3-7-15)17-8-4-5-9-18(17)22/h4-5,8-9,15-16,20,23H,2-3,6-7,10-13H2,1H3,(H,24,28). The molecule has 1 aliphatic heterocycles. The Labute approximate surface area is 164 Å². The van der Waals surface area contributed by atoms with Gasteiger partial charge in [-0.3, -0.25) is 4.79 Å². The minimum atomic E-state index is -0.334. The van der Waals surface area contributed by atoms with Crippen molar-refractivity contribution in [1.29, 1.82) is 0 Å². The Morgan fingerprint density at radius 1 is 1.21 bits per heavy atom. The lowest BCUT2D eigenvalue weighted by atomic mass is 9.91. The molecule has 1 atom stereocenters. The lowest BCUT2D eigenvalue weighted by molar-refractivity contribution is 0.0915. The molecule has 28 heavy (non-hydrogen) atoms. The van der Waals surface area contributed by atoms with Gasteiger partial charge in [0.15, 0.2) is 5.69 Å². The number of hydrogen-bond acceptors (Lipinski definition) is 4. The number of hydrogen-bond donors (Lipinski definition) is 2. The quantitative estimate of drug-likeness (QED) is 0.828. The Hall–Kier alpha value is -2.28. The molecule has 0 spiro atoms. The number of rotatable bonds is 5. The topological polar surface area (TPSA) is 71.8 Å². The SMILES string of the molecule is Cc1c(C(=O)NC(c2ccccc2F)C2CCCC2)nnn1C1CCNCC1. The Kier molecular flexibility index (Phi) is 5.71. The Morgan fingerprint density at radius 2 is 1.93 bits per heavy atom. The molecule has 150 valence electrons. The van der Waals surface area contributed by atoms with Crippen LogP contribution in [0.25, 0.3) is 0 Å². The summed E-state index contributed by atoms with van der Waals surface area (Å²) in [5.41, 5.74) is 1.69. The highest BCUT2D eigenvalue weighted by molar-refractivity contribution is 5.93. The zero-order valence-corrected chi connectivity index (χ0v) is 16.3. The van der Waals surface area contributed by atoms with E-state index in [1.165, 1.54) is 6.07 Å². The fourth-order valence-corrected chi connectivity index (χ4v) is 4.63. The average Bonchev–Trinajstić information content (AvgIpc) is 3.37. The van der Waals surface area contributed by atoms with Gasteiger partial charge in [0.1, 0.15) is 5.82 Å². The van der Waals surface area contributed by atoms with Crippen molar-refractivity contribution in [3.8, 4) is 0 Å². The average molecular weight is 385 g/mol. The Bertz CT molecular complexity index is 824. The summed E-state index contributed by atoms with van der Waals surface area (Å²) in [6.45, 7) is 3.79. The normalized spacial score (nSPS) is 19.6. The number of nitrogens with one attached hydrogen (secondary N) is 2. The number of halogens is 1. The first-order valence-electron chi connectivity index (χ1n) is 10.3. The summed E-state index contributed by atoms with van der Waals surface area (Å²) in [6.07, 6.45) is 6.20. The highest BCUT2D eigenvalue weighted by Crippen LogP contribution is 2.36. The van der Waals surface area contributed by atoms with Gasteiger partial charge in [-0.05, 0) is 57.7 Å². The van der Waals surface area contributed by atoms with Gasteiger partial charge in [-0.15, -0.1) is 5.10 Å². The number of piperidine rings is 1.